The Morgan fingerprint density at radius 2 is 1.74 bits per heavy atom. The van der Waals surface area contributed by atoms with Gasteiger partial charge < -0.3 is 15.7 Å². The molecule has 0 aliphatic carbocycles. The molecule has 3 N–H and O–H groups in total. The van der Waals surface area contributed by atoms with Crippen LogP contribution < -0.4 is 10.6 Å². The summed E-state index contributed by atoms with van der Waals surface area (Å²) in [7, 11) is 0. The molecule has 2 aromatic rings. The van der Waals surface area contributed by atoms with E-state index in [2.05, 4.69) is 10.6 Å². The highest BCUT2D eigenvalue weighted by molar-refractivity contribution is 5.98. The third-order valence-electron chi connectivity index (χ3n) is 3.95. The molecule has 0 saturated carbocycles. The average molecular weight is 372 g/mol. The number of carbonyl (C=O) groups is 3. The van der Waals surface area contributed by atoms with E-state index in [0.717, 1.165) is 11.6 Å². The van der Waals surface area contributed by atoms with Crippen LogP contribution in [0, 0.1) is 11.7 Å². The van der Waals surface area contributed by atoms with Crippen molar-refractivity contribution in [3.05, 3.63) is 65.5 Å². The van der Waals surface area contributed by atoms with Gasteiger partial charge in [0, 0.05) is 0 Å². The highest BCUT2D eigenvalue weighted by atomic mass is 19.1. The second-order valence-corrected chi connectivity index (χ2v) is 6.44. The predicted octanol–water partition coefficient (Wildman–Crippen LogP) is 2.85. The van der Waals surface area contributed by atoms with Gasteiger partial charge in [-0.05, 0) is 29.7 Å². The summed E-state index contributed by atoms with van der Waals surface area (Å²) in [5.41, 5.74) is 0.447. The summed E-state index contributed by atoms with van der Waals surface area (Å²) in [6, 6.07) is 11.4. The molecule has 1 unspecified atom stereocenters. The highest BCUT2D eigenvalue weighted by Gasteiger charge is 2.25. The van der Waals surface area contributed by atoms with Gasteiger partial charge in [0.2, 0.25) is 11.8 Å². The Bertz CT molecular complexity index is 837. The molecule has 27 heavy (non-hydrogen) atoms. The molecule has 0 spiro atoms. The van der Waals surface area contributed by atoms with Crippen molar-refractivity contribution < 1.29 is 23.9 Å². The van der Waals surface area contributed by atoms with Crippen LogP contribution >= 0.6 is 0 Å². The summed E-state index contributed by atoms with van der Waals surface area (Å²) in [6.45, 7) is 3.52. The van der Waals surface area contributed by atoms with Gasteiger partial charge in [0.1, 0.15) is 11.9 Å². The molecular formula is C20H21FN2O4. The SMILES string of the molecule is CC(C)C(NC(=O)Cc1ccccc1)C(=O)Nc1ccc(C(=O)O)cc1F. The van der Waals surface area contributed by atoms with E-state index in [4.69, 9.17) is 5.11 Å². The van der Waals surface area contributed by atoms with Gasteiger partial charge >= 0.3 is 5.97 Å². The minimum atomic E-state index is -1.26. The summed E-state index contributed by atoms with van der Waals surface area (Å²) in [5, 5.41) is 13.9. The van der Waals surface area contributed by atoms with E-state index in [1.165, 1.54) is 12.1 Å². The number of carboxylic acid groups (broad SMARTS) is 1. The lowest BCUT2D eigenvalue weighted by atomic mass is 10.0. The zero-order chi connectivity index (χ0) is 20.0. The number of nitrogens with one attached hydrogen (secondary N) is 2. The van der Waals surface area contributed by atoms with Crippen LogP contribution in [-0.4, -0.2) is 28.9 Å². The zero-order valence-electron chi connectivity index (χ0n) is 15.0. The Hall–Kier alpha value is -3.22. The number of hydrogen-bond acceptors (Lipinski definition) is 3. The van der Waals surface area contributed by atoms with Crippen LogP contribution in [0.15, 0.2) is 48.5 Å². The van der Waals surface area contributed by atoms with Gasteiger partial charge in [-0.1, -0.05) is 44.2 Å². The lowest BCUT2D eigenvalue weighted by Gasteiger charge is -2.22. The lowest BCUT2D eigenvalue weighted by Crippen LogP contribution is -2.47. The minimum Gasteiger partial charge on any atom is -0.478 e. The first kappa shape index (κ1) is 20.1. The number of benzene rings is 2. The van der Waals surface area contributed by atoms with Gasteiger partial charge in [-0.2, -0.15) is 0 Å². The first-order valence-corrected chi connectivity index (χ1v) is 8.45. The standard InChI is InChI=1S/C20H21FN2O4/c1-12(2)18(23-17(24)10-13-6-4-3-5-7-13)19(25)22-16-9-8-14(20(26)27)11-15(16)21/h3-9,11-12,18H,10H2,1-2H3,(H,22,25)(H,23,24)(H,26,27). The van der Waals surface area contributed by atoms with E-state index in [0.29, 0.717) is 0 Å². The normalized spacial score (nSPS) is 11.7. The molecule has 2 amide bonds. The van der Waals surface area contributed by atoms with Crippen molar-refractivity contribution in [2.45, 2.75) is 26.3 Å². The second-order valence-electron chi connectivity index (χ2n) is 6.44. The molecule has 0 saturated heterocycles. The summed E-state index contributed by atoms with van der Waals surface area (Å²) >= 11 is 0. The quantitative estimate of drug-likeness (QED) is 0.696. The van der Waals surface area contributed by atoms with E-state index in [-0.39, 0.29) is 29.5 Å². The van der Waals surface area contributed by atoms with Crippen molar-refractivity contribution in [3.63, 3.8) is 0 Å². The van der Waals surface area contributed by atoms with Gasteiger partial charge in [0.05, 0.1) is 17.7 Å². The van der Waals surface area contributed by atoms with E-state index in [1.54, 1.807) is 13.8 Å². The fourth-order valence-corrected chi connectivity index (χ4v) is 2.50. The van der Waals surface area contributed by atoms with Crippen molar-refractivity contribution >= 4 is 23.5 Å². The van der Waals surface area contributed by atoms with Crippen LogP contribution in [0.1, 0.15) is 29.8 Å². The first-order valence-electron chi connectivity index (χ1n) is 8.45. The van der Waals surface area contributed by atoms with Crippen molar-refractivity contribution in [1.29, 1.82) is 0 Å². The van der Waals surface area contributed by atoms with Crippen LogP contribution in [0.4, 0.5) is 10.1 Å². The highest BCUT2D eigenvalue weighted by Crippen LogP contribution is 2.17. The molecule has 2 rings (SSSR count). The number of carbonyl (C=O) groups excluding carboxylic acids is 2. The van der Waals surface area contributed by atoms with Crippen molar-refractivity contribution in [3.8, 4) is 0 Å². The largest absolute Gasteiger partial charge is 0.478 e. The van der Waals surface area contributed by atoms with Crippen LogP contribution in [0.5, 0.6) is 0 Å². The second kappa shape index (κ2) is 8.93. The van der Waals surface area contributed by atoms with E-state index < -0.39 is 23.7 Å². The van der Waals surface area contributed by atoms with Crippen LogP contribution in [0.25, 0.3) is 0 Å². The fourth-order valence-electron chi connectivity index (χ4n) is 2.50. The summed E-state index contributed by atoms with van der Waals surface area (Å²) in [5.74, 6) is -3.25. The van der Waals surface area contributed by atoms with Gasteiger partial charge in [-0.3, -0.25) is 9.59 Å². The molecule has 142 valence electrons. The Labute approximate surface area is 156 Å². The van der Waals surface area contributed by atoms with E-state index in [9.17, 15) is 18.8 Å². The summed E-state index contributed by atoms with van der Waals surface area (Å²) in [6.07, 6.45) is 0.124. The molecule has 0 heterocycles. The molecule has 1 atom stereocenters. The molecule has 0 aliphatic rings. The number of anilines is 1. The molecule has 6 nitrogen and oxygen atoms in total. The number of amides is 2. The molecule has 7 heteroatoms. The number of rotatable bonds is 7. The fraction of sp³-hybridized carbons (Fsp3) is 0.250. The Morgan fingerprint density at radius 3 is 2.30 bits per heavy atom. The van der Waals surface area contributed by atoms with Gasteiger partial charge in [-0.15, -0.1) is 0 Å². The van der Waals surface area contributed by atoms with Crippen molar-refractivity contribution in [2.75, 3.05) is 5.32 Å². The predicted molar refractivity (Wildman–Crippen MR) is 98.9 cm³/mol. The molecule has 2 aromatic carbocycles. The van der Waals surface area contributed by atoms with Gasteiger partial charge in [0.15, 0.2) is 0 Å². The Morgan fingerprint density at radius 1 is 1.07 bits per heavy atom. The molecule has 0 bridgehead atoms. The molecule has 0 aromatic heterocycles. The molecule has 0 radical (unpaired) electrons. The molecule has 0 aliphatic heterocycles. The number of hydrogen-bond donors (Lipinski definition) is 3. The van der Waals surface area contributed by atoms with Crippen LogP contribution in [0.3, 0.4) is 0 Å². The van der Waals surface area contributed by atoms with Crippen molar-refractivity contribution in [1.82, 2.24) is 5.32 Å². The maximum absolute atomic E-state index is 14.0. The van der Waals surface area contributed by atoms with E-state index in [1.807, 2.05) is 30.3 Å². The van der Waals surface area contributed by atoms with Gasteiger partial charge in [0.25, 0.3) is 0 Å². The molecule has 0 fully saturated rings. The first-order chi connectivity index (χ1) is 12.8. The van der Waals surface area contributed by atoms with Crippen LogP contribution in [0.2, 0.25) is 0 Å². The third-order valence-corrected chi connectivity index (χ3v) is 3.95. The monoisotopic (exact) mass is 372 g/mol. The smallest absolute Gasteiger partial charge is 0.335 e. The summed E-state index contributed by atoms with van der Waals surface area (Å²) < 4.78 is 14.0. The zero-order valence-corrected chi connectivity index (χ0v) is 15.0. The Balaban J connectivity index is 2.06. The third kappa shape index (κ3) is 5.64. The lowest BCUT2D eigenvalue weighted by molar-refractivity contribution is -0.127. The maximum Gasteiger partial charge on any atom is 0.335 e. The average Bonchev–Trinajstić information content (AvgIpc) is 2.61. The topological polar surface area (TPSA) is 95.5 Å². The Kier molecular flexibility index (Phi) is 6.65. The van der Waals surface area contributed by atoms with Crippen molar-refractivity contribution in [2.24, 2.45) is 5.92 Å². The van der Waals surface area contributed by atoms with Gasteiger partial charge in [-0.25, -0.2) is 9.18 Å². The number of aromatic carboxylic acids is 1. The van der Waals surface area contributed by atoms with Crippen LogP contribution in [-0.2, 0) is 16.0 Å². The number of carboxylic acids is 1. The van der Waals surface area contributed by atoms with E-state index >= 15 is 0 Å². The number of halogens is 1. The maximum atomic E-state index is 14.0. The molecular weight excluding hydrogens is 351 g/mol. The summed E-state index contributed by atoms with van der Waals surface area (Å²) in [4.78, 5) is 35.6. The minimum absolute atomic E-state index is 0.124.